The molecule has 0 amide bonds. The van der Waals surface area contributed by atoms with E-state index >= 15 is 0 Å². The molecule has 2 saturated heterocycles. The lowest BCUT2D eigenvalue weighted by Gasteiger charge is -2.46. The molecule has 0 bridgehead atoms. The van der Waals surface area contributed by atoms with Crippen LogP contribution in [0.3, 0.4) is 0 Å². The van der Waals surface area contributed by atoms with Crippen LogP contribution >= 0.6 is 0 Å². The molecule has 0 radical (unpaired) electrons. The number of guanidine groups is 2. The zero-order valence-electron chi connectivity index (χ0n) is 21.9. The molecule has 40 heavy (non-hydrogen) atoms. The molecule has 3 fully saturated rings. The highest BCUT2D eigenvalue weighted by Gasteiger charge is 2.60. The van der Waals surface area contributed by atoms with Crippen LogP contribution in [0.15, 0.2) is 4.99 Å². The van der Waals surface area contributed by atoms with Crippen LogP contribution in [-0.4, -0.2) is 164 Å². The molecule has 19 heteroatoms. The van der Waals surface area contributed by atoms with Crippen LogP contribution in [0.2, 0.25) is 0 Å². The fourth-order valence-electron chi connectivity index (χ4n) is 5.22. The number of aliphatic hydroxyl groups is 8. The van der Waals surface area contributed by atoms with Crippen molar-refractivity contribution in [3.63, 3.8) is 0 Å². The summed E-state index contributed by atoms with van der Waals surface area (Å²) in [6.45, 7) is -0.205. The van der Waals surface area contributed by atoms with Crippen molar-refractivity contribution in [2.24, 2.45) is 22.2 Å². The third kappa shape index (κ3) is 6.11. The number of ether oxygens (including phenoxy) is 4. The highest BCUT2D eigenvalue weighted by Crippen LogP contribution is 2.38. The molecule has 2 aliphatic heterocycles. The predicted molar refractivity (Wildman–Crippen MR) is 133 cm³/mol. The molecule has 0 aromatic carbocycles. The Morgan fingerprint density at radius 1 is 0.925 bits per heavy atom. The van der Waals surface area contributed by atoms with Gasteiger partial charge in [0.2, 0.25) is 0 Å². The van der Waals surface area contributed by atoms with E-state index in [4.69, 9.17) is 41.6 Å². The van der Waals surface area contributed by atoms with Gasteiger partial charge < -0.3 is 87.6 Å². The summed E-state index contributed by atoms with van der Waals surface area (Å²) >= 11 is 0. The van der Waals surface area contributed by atoms with Crippen molar-refractivity contribution in [3.8, 4) is 0 Å². The van der Waals surface area contributed by atoms with Crippen LogP contribution in [0.4, 0.5) is 0 Å². The molecule has 0 unspecified atom stereocenters. The summed E-state index contributed by atoms with van der Waals surface area (Å²) in [7, 11) is 1.44. The fourth-order valence-corrected chi connectivity index (χ4v) is 5.22. The molecular weight excluding hydrogens is 542 g/mol. The summed E-state index contributed by atoms with van der Waals surface area (Å²) in [5.74, 6) is -1.13. The first-order valence-corrected chi connectivity index (χ1v) is 12.5. The second-order valence-corrected chi connectivity index (χ2v) is 10.1. The summed E-state index contributed by atoms with van der Waals surface area (Å²) in [5.41, 5.74) is 14.1. The normalized spacial score (nSPS) is 47.5. The minimum Gasteiger partial charge on any atom is -0.394 e. The van der Waals surface area contributed by atoms with Gasteiger partial charge in [-0.25, -0.2) is 4.99 Å². The van der Waals surface area contributed by atoms with E-state index in [1.165, 1.54) is 14.0 Å². The topological polar surface area (TPSA) is 337 Å². The summed E-state index contributed by atoms with van der Waals surface area (Å²) in [4.78, 5) is 3.75. The Morgan fingerprint density at radius 2 is 1.57 bits per heavy atom. The lowest BCUT2D eigenvalue weighted by atomic mass is 9.81. The number of aliphatic hydroxyl groups excluding tert-OH is 7. The molecule has 0 spiro atoms. The molecular formula is C21H41N7O12. The molecule has 1 saturated carbocycles. The largest absolute Gasteiger partial charge is 0.394 e. The molecule has 2 heterocycles. The number of nitrogens with two attached hydrogens (primary N) is 3. The van der Waals surface area contributed by atoms with Crippen LogP contribution in [0, 0.1) is 5.41 Å². The van der Waals surface area contributed by atoms with Crippen molar-refractivity contribution in [2.45, 2.75) is 98.2 Å². The number of aliphatic imine (C=N–C) groups is 1. The third-order valence-electron chi connectivity index (χ3n) is 7.55. The van der Waals surface area contributed by atoms with E-state index in [1.54, 1.807) is 0 Å². The monoisotopic (exact) mass is 583 g/mol. The lowest BCUT2D eigenvalue weighted by Crippen LogP contribution is -2.70. The van der Waals surface area contributed by atoms with Crippen LogP contribution in [0.25, 0.3) is 0 Å². The number of hydrogen-bond donors (Lipinski definition) is 14. The van der Waals surface area contributed by atoms with E-state index in [9.17, 15) is 40.9 Å². The van der Waals surface area contributed by atoms with Gasteiger partial charge in [0.25, 0.3) is 0 Å². The molecule has 15 atom stereocenters. The van der Waals surface area contributed by atoms with E-state index in [0.29, 0.717) is 0 Å². The Kier molecular flexibility index (Phi) is 10.5. The summed E-state index contributed by atoms with van der Waals surface area (Å²) in [6.07, 6.45) is -16.9. The Labute approximate surface area is 229 Å². The van der Waals surface area contributed by atoms with Crippen molar-refractivity contribution in [2.75, 3.05) is 20.3 Å². The zero-order chi connectivity index (χ0) is 30.1. The van der Waals surface area contributed by atoms with Gasteiger partial charge in [0.15, 0.2) is 24.5 Å². The van der Waals surface area contributed by atoms with E-state index < -0.39 is 116 Å². The Bertz CT molecular complexity index is 902. The van der Waals surface area contributed by atoms with Gasteiger partial charge in [0, 0.05) is 0 Å². The van der Waals surface area contributed by atoms with E-state index in [0.717, 1.165) is 0 Å². The average molecular weight is 584 g/mol. The maximum atomic E-state index is 11.3. The minimum atomic E-state index is -2.15. The Balaban J connectivity index is 1.94. The quantitative estimate of drug-likeness (QED) is 0.0884. The molecule has 1 aliphatic carbocycles. The van der Waals surface area contributed by atoms with E-state index in [-0.39, 0.29) is 0 Å². The fraction of sp³-hybridized carbons (Fsp3) is 0.905. The molecule has 0 aromatic rings. The van der Waals surface area contributed by atoms with Gasteiger partial charge in [0.1, 0.15) is 60.5 Å². The van der Waals surface area contributed by atoms with Crippen LogP contribution in [0.5, 0.6) is 0 Å². The maximum Gasteiger partial charge on any atom is 0.187 e. The van der Waals surface area contributed by atoms with Crippen LogP contribution in [-0.2, 0) is 18.9 Å². The molecule has 3 aliphatic rings. The van der Waals surface area contributed by atoms with Gasteiger partial charge in [-0.2, -0.15) is 0 Å². The summed E-state index contributed by atoms with van der Waals surface area (Å²) < 4.78 is 23.2. The standard InChI is InChI=1S/C21H41N7O12/c1-5-21(36,4-30)16(40-17-9(26-2)13(34)10(31)6(3-29)38-17)18(37-5)39-15-8(28-20(24)25)11(32)7(27-19(22)23)12(33)14(15)35/h5-18,26,29-36H,3-4H2,1-2H3,(H4,22,23,27)(H4,24,25,28)/t5-,6+,7-,8+,9+,10+,11-,12+,13+,14-,15-,16-,17-,18-,21+/m1/s1. The van der Waals surface area contributed by atoms with Crippen LogP contribution in [0.1, 0.15) is 6.92 Å². The van der Waals surface area contributed by atoms with Crippen molar-refractivity contribution < 1.29 is 59.8 Å². The van der Waals surface area contributed by atoms with E-state index in [2.05, 4.69) is 15.6 Å². The lowest BCUT2D eigenvalue weighted by molar-refractivity contribution is -0.318. The van der Waals surface area contributed by atoms with Gasteiger partial charge >= 0.3 is 0 Å². The second-order valence-electron chi connectivity index (χ2n) is 10.1. The average Bonchev–Trinajstić information content (AvgIpc) is 3.13. The third-order valence-corrected chi connectivity index (χ3v) is 7.55. The highest BCUT2D eigenvalue weighted by molar-refractivity contribution is 5.76. The van der Waals surface area contributed by atoms with Gasteiger partial charge in [-0.1, -0.05) is 0 Å². The SMILES string of the molecule is CN[C@@H]1[C@@H](O[C@@H]2[C@@H](O[C@H]3[C@H](O)[C@@H](O)[C@H](N=C(N)N)[C@@H](O)[C@@H]3NC(=N)N)O[C@H](C)[C@@]2(O)CO)O[C@@H](CO)[C@H](O)[C@H]1O. The summed E-state index contributed by atoms with van der Waals surface area (Å²) in [5, 5.41) is 97.0. The van der Waals surface area contributed by atoms with Crippen LogP contribution < -0.4 is 27.8 Å². The second kappa shape index (κ2) is 12.9. The first-order valence-electron chi connectivity index (χ1n) is 12.5. The first-order chi connectivity index (χ1) is 18.7. The van der Waals surface area contributed by atoms with Gasteiger partial charge in [-0.3, -0.25) is 5.41 Å². The molecule has 3 rings (SSSR count). The number of hydrogen-bond acceptors (Lipinski definition) is 15. The Morgan fingerprint density at radius 3 is 2.10 bits per heavy atom. The van der Waals surface area contributed by atoms with Gasteiger partial charge in [0.05, 0.1) is 31.4 Å². The van der Waals surface area contributed by atoms with Crippen molar-refractivity contribution in [3.05, 3.63) is 0 Å². The molecule has 232 valence electrons. The van der Waals surface area contributed by atoms with Crippen molar-refractivity contribution in [1.29, 1.82) is 5.41 Å². The molecule has 19 nitrogen and oxygen atoms in total. The minimum absolute atomic E-state index is 0.495. The maximum absolute atomic E-state index is 11.3. The van der Waals surface area contributed by atoms with Crippen molar-refractivity contribution in [1.82, 2.24) is 10.6 Å². The van der Waals surface area contributed by atoms with E-state index in [1.807, 2.05) is 0 Å². The number of rotatable bonds is 9. The van der Waals surface area contributed by atoms with Gasteiger partial charge in [-0.05, 0) is 14.0 Å². The smallest absolute Gasteiger partial charge is 0.187 e. The Hall–Kier alpha value is -1.98. The number of likely N-dealkylation sites (N-methyl/N-ethyl adjacent to an activating group) is 1. The van der Waals surface area contributed by atoms with Gasteiger partial charge in [-0.15, -0.1) is 0 Å². The zero-order valence-corrected chi connectivity index (χ0v) is 21.9. The first kappa shape index (κ1) is 32.5. The molecule has 0 aromatic heterocycles. The predicted octanol–water partition coefficient (Wildman–Crippen LogP) is -8.16. The molecule has 17 N–H and O–H groups in total. The highest BCUT2D eigenvalue weighted by atomic mass is 16.8. The number of nitrogens with zero attached hydrogens (tertiary/aromatic N) is 1. The number of nitrogens with one attached hydrogen (secondary N) is 3. The van der Waals surface area contributed by atoms with Crippen molar-refractivity contribution >= 4 is 11.9 Å². The summed E-state index contributed by atoms with van der Waals surface area (Å²) in [6, 6.07) is -3.94.